The number of phenols is 1. The van der Waals surface area contributed by atoms with Crippen LogP contribution in [-0.4, -0.2) is 16.8 Å². The molecule has 0 bridgehead atoms. The van der Waals surface area contributed by atoms with Gasteiger partial charge >= 0.3 is 0 Å². The third-order valence-corrected chi connectivity index (χ3v) is 2.70. The molecule has 3 nitrogen and oxygen atoms in total. The van der Waals surface area contributed by atoms with Crippen molar-refractivity contribution in [3.8, 4) is 11.5 Å². The summed E-state index contributed by atoms with van der Waals surface area (Å²) in [6.45, 7) is 0.0349. The minimum Gasteiger partial charge on any atom is -0.504 e. The molecule has 18 heavy (non-hydrogen) atoms. The van der Waals surface area contributed by atoms with Gasteiger partial charge in [0, 0.05) is 13.0 Å². The van der Waals surface area contributed by atoms with Gasteiger partial charge in [0.15, 0.2) is 11.5 Å². The number of aromatic hydroxyl groups is 1. The first-order valence-electron chi connectivity index (χ1n) is 5.91. The molecule has 0 unspecified atom stereocenters. The largest absolute Gasteiger partial charge is 0.504 e. The SMILES string of the molecule is OCC[C@@H](Oc1ccccc1O)c1ccccc1. The van der Waals surface area contributed by atoms with Crippen molar-refractivity contribution < 1.29 is 14.9 Å². The molecule has 94 valence electrons. The summed E-state index contributed by atoms with van der Waals surface area (Å²) < 4.78 is 5.76. The molecular formula is C15H16O3. The van der Waals surface area contributed by atoms with E-state index in [1.54, 1.807) is 24.3 Å². The van der Waals surface area contributed by atoms with Crippen molar-refractivity contribution in [2.75, 3.05) is 6.61 Å². The van der Waals surface area contributed by atoms with E-state index in [9.17, 15) is 5.11 Å². The quantitative estimate of drug-likeness (QED) is 0.850. The number of aliphatic hydroxyl groups excluding tert-OH is 1. The molecular weight excluding hydrogens is 228 g/mol. The second-order valence-corrected chi connectivity index (χ2v) is 4.00. The van der Waals surface area contributed by atoms with Gasteiger partial charge in [-0.05, 0) is 17.7 Å². The van der Waals surface area contributed by atoms with Gasteiger partial charge in [-0.3, -0.25) is 0 Å². The molecule has 1 atom stereocenters. The highest BCUT2D eigenvalue weighted by atomic mass is 16.5. The van der Waals surface area contributed by atoms with Gasteiger partial charge in [0.1, 0.15) is 6.10 Å². The smallest absolute Gasteiger partial charge is 0.161 e. The van der Waals surface area contributed by atoms with E-state index in [0.717, 1.165) is 5.56 Å². The number of aliphatic hydroxyl groups is 1. The minimum atomic E-state index is -0.260. The summed E-state index contributed by atoms with van der Waals surface area (Å²) in [4.78, 5) is 0. The number of para-hydroxylation sites is 2. The molecule has 2 N–H and O–H groups in total. The molecule has 0 aliphatic carbocycles. The van der Waals surface area contributed by atoms with Crippen LogP contribution in [0, 0.1) is 0 Å². The van der Waals surface area contributed by atoms with E-state index in [1.807, 2.05) is 30.3 Å². The van der Waals surface area contributed by atoms with Crippen LogP contribution in [0.3, 0.4) is 0 Å². The highest BCUT2D eigenvalue weighted by Crippen LogP contribution is 2.31. The van der Waals surface area contributed by atoms with Crippen LogP contribution in [0.2, 0.25) is 0 Å². The lowest BCUT2D eigenvalue weighted by Gasteiger charge is -2.19. The summed E-state index contributed by atoms with van der Waals surface area (Å²) in [5, 5.41) is 18.8. The maximum atomic E-state index is 9.69. The zero-order valence-corrected chi connectivity index (χ0v) is 9.99. The summed E-state index contributed by atoms with van der Waals surface area (Å²) in [5.74, 6) is 0.538. The first-order valence-corrected chi connectivity index (χ1v) is 5.91. The van der Waals surface area contributed by atoms with Gasteiger partial charge in [0.2, 0.25) is 0 Å². The molecule has 0 fully saturated rings. The topological polar surface area (TPSA) is 49.7 Å². The van der Waals surface area contributed by atoms with E-state index >= 15 is 0 Å². The van der Waals surface area contributed by atoms with Crippen molar-refractivity contribution in [1.82, 2.24) is 0 Å². The average molecular weight is 244 g/mol. The lowest BCUT2D eigenvalue weighted by Crippen LogP contribution is -2.09. The van der Waals surface area contributed by atoms with E-state index in [2.05, 4.69) is 0 Å². The first kappa shape index (κ1) is 12.5. The number of hydrogen-bond donors (Lipinski definition) is 2. The zero-order valence-electron chi connectivity index (χ0n) is 9.99. The molecule has 2 rings (SSSR count). The van der Waals surface area contributed by atoms with Gasteiger partial charge < -0.3 is 14.9 Å². The maximum absolute atomic E-state index is 9.69. The second-order valence-electron chi connectivity index (χ2n) is 4.00. The van der Waals surface area contributed by atoms with Crippen LogP contribution in [0.1, 0.15) is 18.1 Å². The Morgan fingerprint density at radius 3 is 2.28 bits per heavy atom. The fourth-order valence-electron chi connectivity index (χ4n) is 1.79. The van der Waals surface area contributed by atoms with Gasteiger partial charge in [-0.2, -0.15) is 0 Å². The van der Waals surface area contributed by atoms with Crippen LogP contribution in [-0.2, 0) is 0 Å². The normalized spacial score (nSPS) is 12.1. The van der Waals surface area contributed by atoms with Crippen molar-refractivity contribution in [3.05, 3.63) is 60.2 Å². The predicted octanol–water partition coefficient (Wildman–Crippen LogP) is 2.89. The van der Waals surface area contributed by atoms with E-state index in [4.69, 9.17) is 9.84 Å². The first-order chi connectivity index (χ1) is 8.81. The highest BCUT2D eigenvalue weighted by molar-refractivity contribution is 5.38. The van der Waals surface area contributed by atoms with Crippen LogP contribution in [0.15, 0.2) is 54.6 Å². The van der Waals surface area contributed by atoms with Gasteiger partial charge in [0.25, 0.3) is 0 Å². The summed E-state index contributed by atoms with van der Waals surface area (Å²) in [6, 6.07) is 16.5. The van der Waals surface area contributed by atoms with Crippen LogP contribution in [0.4, 0.5) is 0 Å². The summed E-state index contributed by atoms with van der Waals surface area (Å²) in [6.07, 6.45) is 0.225. The Morgan fingerprint density at radius 1 is 0.944 bits per heavy atom. The Balaban J connectivity index is 2.19. The molecule has 0 saturated carbocycles. The number of benzene rings is 2. The van der Waals surface area contributed by atoms with Gasteiger partial charge in [-0.25, -0.2) is 0 Å². The van der Waals surface area contributed by atoms with E-state index in [-0.39, 0.29) is 18.5 Å². The molecule has 2 aromatic rings. The monoisotopic (exact) mass is 244 g/mol. The summed E-state index contributed by atoms with van der Waals surface area (Å²) in [5.41, 5.74) is 0.981. The van der Waals surface area contributed by atoms with Crippen LogP contribution < -0.4 is 4.74 Å². The molecule has 0 heterocycles. The zero-order chi connectivity index (χ0) is 12.8. The van der Waals surface area contributed by atoms with Crippen molar-refractivity contribution >= 4 is 0 Å². The Hall–Kier alpha value is -2.00. The van der Waals surface area contributed by atoms with Crippen molar-refractivity contribution in [2.24, 2.45) is 0 Å². The average Bonchev–Trinajstić information content (AvgIpc) is 2.42. The van der Waals surface area contributed by atoms with E-state index < -0.39 is 0 Å². The Labute approximate surface area is 106 Å². The van der Waals surface area contributed by atoms with Gasteiger partial charge in [-0.1, -0.05) is 42.5 Å². The van der Waals surface area contributed by atoms with Crippen molar-refractivity contribution in [3.63, 3.8) is 0 Å². The number of ether oxygens (including phenoxy) is 1. The Morgan fingerprint density at radius 2 is 1.61 bits per heavy atom. The number of rotatable bonds is 5. The van der Waals surface area contributed by atoms with Crippen molar-refractivity contribution in [1.29, 1.82) is 0 Å². The molecule has 3 heteroatoms. The molecule has 0 saturated heterocycles. The lowest BCUT2D eigenvalue weighted by atomic mass is 10.1. The molecule has 2 aromatic carbocycles. The molecule has 0 radical (unpaired) electrons. The number of hydrogen-bond acceptors (Lipinski definition) is 3. The molecule has 0 aliphatic rings. The fraction of sp³-hybridized carbons (Fsp3) is 0.200. The molecule has 0 aromatic heterocycles. The van der Waals surface area contributed by atoms with Crippen LogP contribution >= 0.6 is 0 Å². The van der Waals surface area contributed by atoms with E-state index in [0.29, 0.717) is 12.2 Å². The summed E-state index contributed by atoms with van der Waals surface area (Å²) >= 11 is 0. The van der Waals surface area contributed by atoms with Crippen LogP contribution in [0.25, 0.3) is 0 Å². The summed E-state index contributed by atoms with van der Waals surface area (Å²) in [7, 11) is 0. The van der Waals surface area contributed by atoms with Gasteiger partial charge in [-0.15, -0.1) is 0 Å². The molecule has 0 aliphatic heterocycles. The van der Waals surface area contributed by atoms with E-state index in [1.165, 1.54) is 0 Å². The fourth-order valence-corrected chi connectivity index (χ4v) is 1.79. The minimum absolute atomic E-state index is 0.0349. The number of phenolic OH excluding ortho intramolecular Hbond substituents is 1. The third-order valence-electron chi connectivity index (χ3n) is 2.70. The predicted molar refractivity (Wildman–Crippen MR) is 69.6 cm³/mol. The van der Waals surface area contributed by atoms with Gasteiger partial charge in [0.05, 0.1) is 0 Å². The lowest BCUT2D eigenvalue weighted by molar-refractivity contribution is 0.151. The Kier molecular flexibility index (Phi) is 4.20. The highest BCUT2D eigenvalue weighted by Gasteiger charge is 2.14. The third kappa shape index (κ3) is 3.02. The molecule has 0 spiro atoms. The Bertz CT molecular complexity index is 482. The van der Waals surface area contributed by atoms with Crippen LogP contribution in [0.5, 0.6) is 11.5 Å². The molecule has 0 amide bonds. The maximum Gasteiger partial charge on any atom is 0.161 e. The second kappa shape index (κ2) is 6.07. The van der Waals surface area contributed by atoms with Crippen molar-refractivity contribution in [2.45, 2.75) is 12.5 Å². The standard InChI is InChI=1S/C15H16O3/c16-11-10-14(12-6-2-1-3-7-12)18-15-9-5-4-8-13(15)17/h1-9,14,16-17H,10-11H2/t14-/m1/s1.